The Kier molecular flexibility index (Phi) is 5.44. The molecule has 2 N–H and O–H groups in total. The van der Waals surface area contributed by atoms with E-state index in [0.717, 1.165) is 17.2 Å². The standard InChI is InChI=1S/C14H15FN4OS.ClH/c1-9-5-17-19(6-9)13-3-2-10(4-11(13)15)18-14(20)12-7-21-8-16-12;/h2-6,12,16H,7-8H2,1H3,(H,18,20);1H. The van der Waals surface area contributed by atoms with Crippen LogP contribution in [0.4, 0.5) is 10.1 Å². The average molecular weight is 343 g/mol. The normalized spacial score (nSPS) is 17.1. The summed E-state index contributed by atoms with van der Waals surface area (Å²) in [6.07, 6.45) is 3.41. The monoisotopic (exact) mass is 342 g/mol. The zero-order chi connectivity index (χ0) is 14.8. The smallest absolute Gasteiger partial charge is 0.242 e. The summed E-state index contributed by atoms with van der Waals surface area (Å²) in [5.74, 6) is 0.940. The Hall–Kier alpha value is -1.57. The lowest BCUT2D eigenvalue weighted by Gasteiger charge is -2.11. The number of halogens is 2. The van der Waals surface area contributed by atoms with Crippen LogP contribution in [0.1, 0.15) is 5.56 Å². The van der Waals surface area contributed by atoms with Gasteiger partial charge in [-0.05, 0) is 30.7 Å². The number of hydrogen-bond acceptors (Lipinski definition) is 4. The fraction of sp³-hybridized carbons (Fsp3) is 0.286. The van der Waals surface area contributed by atoms with Crippen molar-refractivity contribution in [3.63, 3.8) is 0 Å². The first-order chi connectivity index (χ1) is 10.1. The molecule has 8 heteroatoms. The molecule has 1 atom stereocenters. The van der Waals surface area contributed by atoms with Crippen molar-refractivity contribution in [2.24, 2.45) is 0 Å². The van der Waals surface area contributed by atoms with Gasteiger partial charge in [0.2, 0.25) is 5.91 Å². The van der Waals surface area contributed by atoms with Crippen LogP contribution in [0.15, 0.2) is 30.6 Å². The minimum Gasteiger partial charge on any atom is -0.325 e. The van der Waals surface area contributed by atoms with Gasteiger partial charge in [-0.25, -0.2) is 9.07 Å². The number of rotatable bonds is 3. The molecular weight excluding hydrogens is 327 g/mol. The molecule has 2 heterocycles. The topological polar surface area (TPSA) is 59.0 Å². The first-order valence-corrected chi connectivity index (χ1v) is 7.72. The SMILES string of the molecule is Cc1cnn(-c2ccc(NC(=O)C3CSCN3)cc2F)c1.Cl. The fourth-order valence-corrected chi connectivity index (χ4v) is 3.05. The Morgan fingerprint density at radius 3 is 2.95 bits per heavy atom. The molecule has 1 aliphatic rings. The van der Waals surface area contributed by atoms with Gasteiger partial charge in [0, 0.05) is 23.5 Å². The molecule has 0 bridgehead atoms. The fourth-order valence-electron chi connectivity index (χ4n) is 2.11. The summed E-state index contributed by atoms with van der Waals surface area (Å²) in [5, 5.41) is 9.88. The van der Waals surface area contributed by atoms with Gasteiger partial charge in [-0.3, -0.25) is 10.1 Å². The van der Waals surface area contributed by atoms with Gasteiger partial charge in [-0.15, -0.1) is 24.2 Å². The number of anilines is 1. The van der Waals surface area contributed by atoms with Crippen LogP contribution in [-0.4, -0.2) is 33.4 Å². The second-order valence-corrected chi connectivity index (χ2v) is 5.92. The summed E-state index contributed by atoms with van der Waals surface area (Å²) in [5.41, 5.74) is 1.76. The van der Waals surface area contributed by atoms with Crippen molar-refractivity contribution in [1.29, 1.82) is 0 Å². The van der Waals surface area contributed by atoms with E-state index in [-0.39, 0.29) is 24.4 Å². The van der Waals surface area contributed by atoms with Crippen LogP contribution >= 0.6 is 24.2 Å². The Balaban J connectivity index is 0.00000176. The van der Waals surface area contributed by atoms with E-state index in [1.807, 2.05) is 6.92 Å². The zero-order valence-electron chi connectivity index (χ0n) is 11.9. The highest BCUT2D eigenvalue weighted by atomic mass is 35.5. The maximum Gasteiger partial charge on any atom is 0.242 e. The van der Waals surface area contributed by atoms with Crippen molar-refractivity contribution in [3.8, 4) is 5.69 Å². The number of carbonyl (C=O) groups is 1. The lowest BCUT2D eigenvalue weighted by atomic mass is 10.2. The van der Waals surface area contributed by atoms with Gasteiger partial charge >= 0.3 is 0 Å². The van der Waals surface area contributed by atoms with Gasteiger partial charge < -0.3 is 5.32 Å². The number of thioether (sulfide) groups is 1. The maximum atomic E-state index is 14.1. The molecule has 22 heavy (non-hydrogen) atoms. The third-order valence-electron chi connectivity index (χ3n) is 3.21. The summed E-state index contributed by atoms with van der Waals surface area (Å²) in [6.45, 7) is 1.89. The number of amides is 1. The van der Waals surface area contributed by atoms with Crippen LogP contribution in [0, 0.1) is 12.7 Å². The molecule has 1 aromatic heterocycles. The lowest BCUT2D eigenvalue weighted by Crippen LogP contribution is -2.37. The van der Waals surface area contributed by atoms with E-state index in [9.17, 15) is 9.18 Å². The van der Waals surface area contributed by atoms with Crippen LogP contribution in [0.25, 0.3) is 5.69 Å². The largest absolute Gasteiger partial charge is 0.325 e. The average Bonchev–Trinajstić information content (AvgIpc) is 3.10. The molecule has 0 saturated carbocycles. The maximum absolute atomic E-state index is 14.1. The van der Waals surface area contributed by atoms with Gasteiger partial charge in [0.15, 0.2) is 5.82 Å². The Morgan fingerprint density at radius 2 is 2.36 bits per heavy atom. The van der Waals surface area contributed by atoms with Crippen molar-refractivity contribution in [2.75, 3.05) is 16.9 Å². The highest BCUT2D eigenvalue weighted by Gasteiger charge is 2.22. The van der Waals surface area contributed by atoms with Crippen molar-refractivity contribution < 1.29 is 9.18 Å². The number of hydrogen-bond donors (Lipinski definition) is 2. The molecule has 1 fully saturated rings. The van der Waals surface area contributed by atoms with E-state index < -0.39 is 5.82 Å². The molecule has 1 amide bonds. The van der Waals surface area contributed by atoms with Gasteiger partial charge in [-0.2, -0.15) is 5.10 Å². The molecule has 118 valence electrons. The van der Waals surface area contributed by atoms with E-state index in [2.05, 4.69) is 15.7 Å². The minimum absolute atomic E-state index is 0. The highest BCUT2D eigenvalue weighted by molar-refractivity contribution is 7.99. The van der Waals surface area contributed by atoms with Gasteiger partial charge in [0.25, 0.3) is 0 Å². The van der Waals surface area contributed by atoms with Gasteiger partial charge in [-0.1, -0.05) is 0 Å². The summed E-state index contributed by atoms with van der Waals surface area (Å²) in [4.78, 5) is 12.0. The van der Waals surface area contributed by atoms with Crippen LogP contribution in [0.5, 0.6) is 0 Å². The third-order valence-corrected chi connectivity index (χ3v) is 4.15. The quantitative estimate of drug-likeness (QED) is 0.899. The lowest BCUT2D eigenvalue weighted by molar-refractivity contribution is -0.117. The molecule has 0 radical (unpaired) electrons. The molecule has 2 aromatic rings. The first-order valence-electron chi connectivity index (χ1n) is 6.56. The number of benzene rings is 1. The van der Waals surface area contributed by atoms with E-state index in [4.69, 9.17) is 0 Å². The van der Waals surface area contributed by atoms with Gasteiger partial charge in [0.1, 0.15) is 5.69 Å². The number of aryl methyl sites for hydroxylation is 1. The molecule has 1 saturated heterocycles. The van der Waals surface area contributed by atoms with Crippen molar-refractivity contribution in [2.45, 2.75) is 13.0 Å². The number of aromatic nitrogens is 2. The predicted octanol–water partition coefficient (Wildman–Crippen LogP) is 2.34. The van der Waals surface area contributed by atoms with Crippen molar-refractivity contribution in [1.82, 2.24) is 15.1 Å². The predicted molar refractivity (Wildman–Crippen MR) is 88.4 cm³/mol. The molecule has 1 aromatic carbocycles. The molecule has 0 spiro atoms. The van der Waals surface area contributed by atoms with E-state index in [1.54, 1.807) is 36.3 Å². The number of nitrogens with zero attached hydrogens (tertiary/aromatic N) is 2. The van der Waals surface area contributed by atoms with Crippen molar-refractivity contribution in [3.05, 3.63) is 42.0 Å². The summed E-state index contributed by atoms with van der Waals surface area (Å²) in [7, 11) is 0. The molecule has 5 nitrogen and oxygen atoms in total. The van der Waals surface area contributed by atoms with Crippen LogP contribution in [0.3, 0.4) is 0 Å². The molecule has 1 unspecified atom stereocenters. The molecule has 3 rings (SSSR count). The van der Waals surface area contributed by atoms with Crippen LogP contribution < -0.4 is 10.6 Å². The number of nitrogens with one attached hydrogen (secondary N) is 2. The summed E-state index contributed by atoms with van der Waals surface area (Å²) in [6, 6.07) is 4.38. The van der Waals surface area contributed by atoms with E-state index >= 15 is 0 Å². The van der Waals surface area contributed by atoms with Crippen LogP contribution in [-0.2, 0) is 4.79 Å². The van der Waals surface area contributed by atoms with E-state index in [0.29, 0.717) is 11.4 Å². The zero-order valence-corrected chi connectivity index (χ0v) is 13.5. The Morgan fingerprint density at radius 1 is 1.55 bits per heavy atom. The molecule has 0 aliphatic carbocycles. The third kappa shape index (κ3) is 3.60. The number of carbonyl (C=O) groups excluding carboxylic acids is 1. The Labute approximate surface area is 138 Å². The van der Waals surface area contributed by atoms with Crippen LogP contribution in [0.2, 0.25) is 0 Å². The Bertz CT molecular complexity index is 673. The second-order valence-electron chi connectivity index (χ2n) is 4.89. The second kappa shape index (κ2) is 7.13. The minimum atomic E-state index is -0.426. The summed E-state index contributed by atoms with van der Waals surface area (Å²) < 4.78 is 15.6. The van der Waals surface area contributed by atoms with Crippen molar-refractivity contribution >= 4 is 35.8 Å². The molecular formula is C14H16ClFN4OS. The molecule has 1 aliphatic heterocycles. The highest BCUT2D eigenvalue weighted by Crippen LogP contribution is 2.19. The first kappa shape index (κ1) is 16.8. The summed E-state index contributed by atoms with van der Waals surface area (Å²) >= 11 is 1.67. The van der Waals surface area contributed by atoms with Gasteiger partial charge in [0.05, 0.1) is 12.2 Å². The van der Waals surface area contributed by atoms with E-state index in [1.165, 1.54) is 10.7 Å².